The van der Waals surface area contributed by atoms with Crippen LogP contribution in [0.2, 0.25) is 0 Å². The van der Waals surface area contributed by atoms with Gasteiger partial charge >= 0.3 is 0 Å². The predicted molar refractivity (Wildman–Crippen MR) is 66.2 cm³/mol. The Balaban J connectivity index is 2.27. The average Bonchev–Trinajstić information content (AvgIpc) is 2.33. The van der Waals surface area contributed by atoms with Gasteiger partial charge in [0.25, 0.3) is 0 Å². The molecule has 1 aliphatic rings. The lowest BCUT2D eigenvalue weighted by atomic mass is 9.71. The Labute approximate surface area is 102 Å². The zero-order valence-corrected chi connectivity index (χ0v) is 10.2. The molecule has 3 heteroatoms. The minimum Gasteiger partial charge on any atom is -0.385 e. The molecule has 0 amide bonds. The van der Waals surface area contributed by atoms with Crippen LogP contribution in [0.5, 0.6) is 0 Å². The van der Waals surface area contributed by atoms with Crippen molar-refractivity contribution in [3.8, 4) is 0 Å². The summed E-state index contributed by atoms with van der Waals surface area (Å²) in [5.41, 5.74) is 0.0495. The van der Waals surface area contributed by atoms with Crippen molar-refractivity contribution >= 4 is 0 Å². The van der Waals surface area contributed by atoms with Gasteiger partial charge in [0.1, 0.15) is 5.82 Å². The van der Waals surface area contributed by atoms with Crippen molar-refractivity contribution in [3.05, 3.63) is 35.6 Å². The van der Waals surface area contributed by atoms with Crippen molar-refractivity contribution in [2.45, 2.75) is 31.3 Å². The predicted octanol–water partition coefficient (Wildman–Crippen LogP) is 2.42. The number of aliphatic hydroxyl groups is 1. The molecule has 1 aliphatic carbocycles. The number of hydrogen-bond acceptors (Lipinski definition) is 2. The van der Waals surface area contributed by atoms with Crippen LogP contribution in [0, 0.1) is 11.7 Å². The van der Waals surface area contributed by atoms with Gasteiger partial charge in [0.15, 0.2) is 0 Å². The third-order valence-electron chi connectivity index (χ3n) is 3.83. The molecule has 0 aliphatic heterocycles. The Hall–Kier alpha value is -0.930. The van der Waals surface area contributed by atoms with E-state index in [1.807, 2.05) is 7.05 Å². The van der Waals surface area contributed by atoms with Gasteiger partial charge in [0.2, 0.25) is 0 Å². The third kappa shape index (κ3) is 2.50. The molecule has 0 bridgehead atoms. The van der Waals surface area contributed by atoms with Crippen LogP contribution in [0.1, 0.15) is 31.2 Å². The summed E-state index contributed by atoms with van der Waals surface area (Å²) in [6.07, 6.45) is 3.99. The number of rotatable bonds is 3. The Morgan fingerprint density at radius 1 is 1.35 bits per heavy atom. The van der Waals surface area contributed by atoms with E-state index in [0.717, 1.165) is 37.8 Å². The van der Waals surface area contributed by atoms with Crippen molar-refractivity contribution in [2.75, 3.05) is 13.6 Å². The fraction of sp³-hybridized carbons (Fsp3) is 0.571. The Morgan fingerprint density at radius 3 is 2.71 bits per heavy atom. The van der Waals surface area contributed by atoms with Crippen LogP contribution < -0.4 is 5.32 Å². The average molecular weight is 237 g/mol. The summed E-state index contributed by atoms with van der Waals surface area (Å²) in [5, 5.41) is 14.0. The van der Waals surface area contributed by atoms with Gasteiger partial charge in [-0.15, -0.1) is 0 Å². The Bertz CT molecular complexity index is 363. The summed E-state index contributed by atoms with van der Waals surface area (Å²) in [4.78, 5) is 0. The molecular weight excluding hydrogens is 217 g/mol. The molecule has 2 atom stereocenters. The van der Waals surface area contributed by atoms with Gasteiger partial charge in [0.05, 0.1) is 5.60 Å². The molecule has 17 heavy (non-hydrogen) atoms. The fourth-order valence-electron chi connectivity index (χ4n) is 2.86. The van der Waals surface area contributed by atoms with E-state index in [1.54, 1.807) is 12.1 Å². The first-order chi connectivity index (χ1) is 8.16. The van der Waals surface area contributed by atoms with Crippen LogP contribution in [-0.4, -0.2) is 18.7 Å². The van der Waals surface area contributed by atoms with Crippen LogP contribution in [0.25, 0.3) is 0 Å². The molecule has 1 aromatic carbocycles. The largest absolute Gasteiger partial charge is 0.385 e. The van der Waals surface area contributed by atoms with Crippen LogP contribution in [0.4, 0.5) is 4.39 Å². The highest BCUT2D eigenvalue weighted by Crippen LogP contribution is 2.41. The van der Waals surface area contributed by atoms with E-state index in [0.29, 0.717) is 0 Å². The topological polar surface area (TPSA) is 32.3 Å². The van der Waals surface area contributed by atoms with Gasteiger partial charge in [-0.3, -0.25) is 0 Å². The Kier molecular flexibility index (Phi) is 3.79. The highest BCUT2D eigenvalue weighted by molar-refractivity contribution is 5.24. The van der Waals surface area contributed by atoms with Crippen molar-refractivity contribution in [3.63, 3.8) is 0 Å². The number of benzene rings is 1. The van der Waals surface area contributed by atoms with Gasteiger partial charge in [-0.2, -0.15) is 0 Å². The van der Waals surface area contributed by atoms with Gasteiger partial charge in [-0.1, -0.05) is 25.0 Å². The lowest BCUT2D eigenvalue weighted by Crippen LogP contribution is -2.42. The maximum absolute atomic E-state index is 12.9. The van der Waals surface area contributed by atoms with Crippen molar-refractivity contribution in [1.29, 1.82) is 0 Å². The van der Waals surface area contributed by atoms with Crippen LogP contribution in [-0.2, 0) is 5.60 Å². The lowest BCUT2D eigenvalue weighted by molar-refractivity contribution is -0.0530. The molecule has 94 valence electrons. The van der Waals surface area contributed by atoms with E-state index in [9.17, 15) is 9.50 Å². The first-order valence-electron chi connectivity index (χ1n) is 6.30. The van der Waals surface area contributed by atoms with Crippen molar-refractivity contribution in [1.82, 2.24) is 5.32 Å². The van der Waals surface area contributed by atoms with E-state index in [2.05, 4.69) is 5.32 Å². The third-order valence-corrected chi connectivity index (χ3v) is 3.83. The highest BCUT2D eigenvalue weighted by Gasteiger charge is 2.39. The molecule has 2 rings (SSSR count). The molecule has 1 saturated carbocycles. The van der Waals surface area contributed by atoms with E-state index in [4.69, 9.17) is 0 Å². The molecular formula is C14H20FNO. The second-order valence-corrected chi connectivity index (χ2v) is 4.93. The fourth-order valence-corrected chi connectivity index (χ4v) is 2.86. The van der Waals surface area contributed by atoms with Crippen molar-refractivity contribution < 1.29 is 9.50 Å². The summed E-state index contributed by atoms with van der Waals surface area (Å²) in [6, 6.07) is 6.28. The second-order valence-electron chi connectivity index (χ2n) is 4.93. The molecule has 2 N–H and O–H groups in total. The minimum absolute atomic E-state index is 0.215. The first-order valence-corrected chi connectivity index (χ1v) is 6.30. The second kappa shape index (κ2) is 5.15. The van der Waals surface area contributed by atoms with E-state index in [-0.39, 0.29) is 11.7 Å². The molecule has 0 spiro atoms. The number of nitrogens with one attached hydrogen (secondary N) is 1. The van der Waals surface area contributed by atoms with Crippen molar-refractivity contribution in [2.24, 2.45) is 5.92 Å². The summed E-state index contributed by atoms with van der Waals surface area (Å²) in [6.45, 7) is 0.799. The van der Waals surface area contributed by atoms with Crippen LogP contribution >= 0.6 is 0 Å². The molecule has 2 unspecified atom stereocenters. The van der Waals surface area contributed by atoms with Gasteiger partial charge in [-0.05, 0) is 37.6 Å². The van der Waals surface area contributed by atoms with Gasteiger partial charge in [-0.25, -0.2) is 4.39 Å². The quantitative estimate of drug-likeness (QED) is 0.846. The van der Waals surface area contributed by atoms with Crippen LogP contribution in [0.3, 0.4) is 0 Å². The SMILES string of the molecule is CNCC1CCCCC1(O)c1ccc(F)cc1. The highest BCUT2D eigenvalue weighted by atomic mass is 19.1. The normalized spacial score (nSPS) is 29.2. The summed E-state index contributed by atoms with van der Waals surface area (Å²) >= 11 is 0. The summed E-state index contributed by atoms with van der Waals surface area (Å²) in [7, 11) is 1.90. The molecule has 0 radical (unpaired) electrons. The maximum Gasteiger partial charge on any atom is 0.123 e. The molecule has 0 aromatic heterocycles. The molecule has 0 saturated heterocycles. The van der Waals surface area contributed by atoms with E-state index < -0.39 is 5.60 Å². The van der Waals surface area contributed by atoms with E-state index in [1.165, 1.54) is 12.1 Å². The smallest absolute Gasteiger partial charge is 0.123 e. The molecule has 1 aromatic rings. The number of hydrogen-bond donors (Lipinski definition) is 2. The van der Waals surface area contributed by atoms with E-state index >= 15 is 0 Å². The monoisotopic (exact) mass is 237 g/mol. The molecule has 0 heterocycles. The van der Waals surface area contributed by atoms with Gasteiger partial charge < -0.3 is 10.4 Å². The minimum atomic E-state index is -0.797. The lowest BCUT2D eigenvalue weighted by Gasteiger charge is -2.40. The molecule has 2 nitrogen and oxygen atoms in total. The first kappa shape index (κ1) is 12.5. The van der Waals surface area contributed by atoms with Crippen LogP contribution in [0.15, 0.2) is 24.3 Å². The summed E-state index contributed by atoms with van der Waals surface area (Å²) < 4.78 is 12.9. The zero-order valence-electron chi connectivity index (χ0n) is 10.2. The number of halogens is 1. The Morgan fingerprint density at radius 2 is 2.06 bits per heavy atom. The molecule has 1 fully saturated rings. The van der Waals surface area contributed by atoms with Gasteiger partial charge in [0, 0.05) is 12.5 Å². The summed E-state index contributed by atoms with van der Waals surface area (Å²) in [5.74, 6) is -0.0370. The standard InChI is InChI=1S/C14H20FNO/c1-16-10-12-4-2-3-9-14(12,17)11-5-7-13(15)8-6-11/h5-8,12,16-17H,2-4,9-10H2,1H3. The maximum atomic E-state index is 12.9. The zero-order chi connectivity index (χ0) is 12.3.